The highest BCUT2D eigenvalue weighted by atomic mass is 16.7. The van der Waals surface area contributed by atoms with E-state index in [-0.39, 0.29) is 11.8 Å². The molecule has 0 radical (unpaired) electrons. The number of hydrogen-bond donors (Lipinski definition) is 0. The molecule has 3 heterocycles. The topological polar surface area (TPSA) is 54.7 Å². The van der Waals surface area contributed by atoms with Gasteiger partial charge in [-0.2, -0.15) is 5.10 Å². The zero-order valence-corrected chi connectivity index (χ0v) is 18.2. The van der Waals surface area contributed by atoms with E-state index in [0.29, 0.717) is 0 Å². The van der Waals surface area contributed by atoms with Gasteiger partial charge in [-0.15, -0.1) is 0 Å². The molecule has 29 heavy (non-hydrogen) atoms. The summed E-state index contributed by atoms with van der Waals surface area (Å²) >= 11 is 0. The lowest BCUT2D eigenvalue weighted by molar-refractivity contribution is -0.0364. The van der Waals surface area contributed by atoms with Crippen LogP contribution in [0.15, 0.2) is 18.2 Å². The van der Waals surface area contributed by atoms with Crippen molar-refractivity contribution >= 4 is 23.6 Å². The highest BCUT2D eigenvalue weighted by Crippen LogP contribution is 2.41. The van der Waals surface area contributed by atoms with E-state index in [1.807, 2.05) is 10.7 Å². The molecule has 2 aromatic rings. The van der Waals surface area contributed by atoms with Gasteiger partial charge in [0.15, 0.2) is 6.23 Å². The Labute approximate surface area is 173 Å². The summed E-state index contributed by atoms with van der Waals surface area (Å²) in [6, 6.07) is 6.22. The largest absolute Gasteiger partial charge is 0.517 e. The fourth-order valence-corrected chi connectivity index (χ4v) is 4.03. The summed E-state index contributed by atoms with van der Waals surface area (Å²) in [5.74, 6) is 0.874. The van der Waals surface area contributed by atoms with Crippen molar-refractivity contribution in [3.63, 3.8) is 0 Å². The Kier molecular flexibility index (Phi) is 4.32. The molecule has 0 spiro atoms. The Morgan fingerprint density at radius 2 is 1.79 bits per heavy atom. The van der Waals surface area contributed by atoms with Crippen LogP contribution in [0.5, 0.6) is 5.75 Å². The lowest BCUT2D eigenvalue weighted by Gasteiger charge is -2.32. The van der Waals surface area contributed by atoms with E-state index < -0.39 is 18.3 Å². The van der Waals surface area contributed by atoms with Gasteiger partial charge in [-0.3, -0.25) is 0 Å². The Morgan fingerprint density at radius 3 is 2.41 bits per heavy atom. The smallest absolute Gasteiger partial charge is 0.488 e. The molecule has 2 aliphatic heterocycles. The minimum Gasteiger partial charge on any atom is -0.488 e. The summed E-state index contributed by atoms with van der Waals surface area (Å²) in [5.41, 5.74) is 0.991. The maximum absolute atomic E-state index is 6.33. The van der Waals surface area contributed by atoms with Gasteiger partial charge in [0.05, 0.1) is 16.7 Å². The van der Waals surface area contributed by atoms with Crippen molar-refractivity contribution in [3.05, 3.63) is 18.2 Å². The average molecular weight is 398 g/mol. The van der Waals surface area contributed by atoms with Crippen LogP contribution < -0.4 is 10.3 Å². The van der Waals surface area contributed by atoms with Gasteiger partial charge >= 0.3 is 7.12 Å². The van der Waals surface area contributed by atoms with Crippen LogP contribution in [0.1, 0.15) is 73.0 Å². The quantitative estimate of drug-likeness (QED) is 0.730. The van der Waals surface area contributed by atoms with E-state index in [9.17, 15) is 0 Å². The Bertz CT molecular complexity index is 912. The van der Waals surface area contributed by atoms with Crippen LogP contribution in [0, 0.1) is 0 Å². The van der Waals surface area contributed by atoms with Crippen molar-refractivity contribution in [1.29, 1.82) is 0 Å². The molecule has 1 saturated carbocycles. The van der Waals surface area contributed by atoms with E-state index >= 15 is 0 Å². The molecule has 5 rings (SSSR count). The zero-order chi connectivity index (χ0) is 20.4. The lowest BCUT2D eigenvalue weighted by Crippen LogP contribution is -2.41. The predicted molar refractivity (Wildman–Crippen MR) is 113 cm³/mol. The van der Waals surface area contributed by atoms with Crippen molar-refractivity contribution < 1.29 is 18.8 Å². The molecule has 1 aromatic heterocycles. The number of fused-ring (bicyclic) bond motifs is 1. The molecule has 3 aliphatic rings. The minimum absolute atomic E-state index is 0.0271. The first kappa shape index (κ1) is 19.4. The van der Waals surface area contributed by atoms with Crippen molar-refractivity contribution in [1.82, 2.24) is 9.78 Å². The molecule has 0 bridgehead atoms. The SMILES string of the molecule is CC1(Oc2ccc3c(c2)c(B2OC(C)(C)C(C)(C)O2)nn3C2CCCCO2)CC1. The summed E-state index contributed by atoms with van der Waals surface area (Å²) in [6.45, 7) is 11.2. The molecule has 1 atom stereocenters. The van der Waals surface area contributed by atoms with Gasteiger partial charge in [0, 0.05) is 12.0 Å². The normalized spacial score (nSPS) is 27.3. The van der Waals surface area contributed by atoms with Gasteiger partial charge in [-0.1, -0.05) is 0 Å². The number of benzene rings is 1. The van der Waals surface area contributed by atoms with Crippen LogP contribution in [-0.4, -0.2) is 40.3 Å². The summed E-state index contributed by atoms with van der Waals surface area (Å²) < 4.78 is 26.9. The molecule has 0 amide bonds. The molecular formula is C22H31BN2O4. The average Bonchev–Trinajstić information content (AvgIpc) is 3.19. The fourth-order valence-electron chi connectivity index (χ4n) is 4.03. The molecule has 1 unspecified atom stereocenters. The first-order valence-corrected chi connectivity index (χ1v) is 10.9. The standard InChI is InChI=1S/C22H31BN2O4/c1-20(2)21(3,4)29-23(28-20)19-16-14-15(27-22(5)11-12-22)9-10-17(16)25(24-19)18-8-6-7-13-26-18/h9-10,14,18H,6-8,11-13H2,1-5H3. The van der Waals surface area contributed by atoms with Gasteiger partial charge in [0.1, 0.15) is 16.9 Å². The van der Waals surface area contributed by atoms with Crippen LogP contribution in [0.3, 0.4) is 0 Å². The van der Waals surface area contributed by atoms with E-state index in [1.165, 1.54) is 0 Å². The molecule has 6 nitrogen and oxygen atoms in total. The van der Waals surface area contributed by atoms with Gasteiger partial charge in [-0.05, 0) is 84.9 Å². The van der Waals surface area contributed by atoms with Gasteiger partial charge in [0.2, 0.25) is 0 Å². The van der Waals surface area contributed by atoms with Gasteiger partial charge < -0.3 is 18.8 Å². The third-order valence-electron chi connectivity index (χ3n) is 6.93. The second kappa shape index (κ2) is 6.46. The Morgan fingerprint density at radius 1 is 1.07 bits per heavy atom. The first-order chi connectivity index (χ1) is 13.7. The summed E-state index contributed by atoms with van der Waals surface area (Å²) in [4.78, 5) is 0. The molecule has 3 fully saturated rings. The Hall–Kier alpha value is -1.57. The lowest BCUT2D eigenvalue weighted by atomic mass is 9.82. The van der Waals surface area contributed by atoms with Crippen molar-refractivity contribution in [3.8, 4) is 5.75 Å². The number of hydrogen-bond acceptors (Lipinski definition) is 5. The molecule has 0 N–H and O–H groups in total. The molecule has 1 aromatic carbocycles. The second-order valence-electron chi connectivity index (χ2n) is 9.97. The molecule has 7 heteroatoms. The molecule has 1 aliphatic carbocycles. The summed E-state index contributed by atoms with van der Waals surface area (Å²) in [6.07, 6.45) is 5.38. The van der Waals surface area contributed by atoms with E-state index in [0.717, 1.165) is 61.0 Å². The van der Waals surface area contributed by atoms with Crippen molar-refractivity contribution in [2.45, 2.75) is 89.8 Å². The van der Waals surface area contributed by atoms with Crippen LogP contribution in [0.25, 0.3) is 10.9 Å². The Balaban J connectivity index is 1.58. The summed E-state index contributed by atoms with van der Waals surface area (Å²) in [5, 5.41) is 5.98. The maximum atomic E-state index is 6.33. The van der Waals surface area contributed by atoms with Gasteiger partial charge in [0.25, 0.3) is 0 Å². The number of ether oxygens (including phenoxy) is 2. The third-order valence-corrected chi connectivity index (χ3v) is 6.93. The van der Waals surface area contributed by atoms with E-state index in [4.69, 9.17) is 23.9 Å². The van der Waals surface area contributed by atoms with E-state index in [1.54, 1.807) is 0 Å². The first-order valence-electron chi connectivity index (χ1n) is 10.9. The van der Waals surface area contributed by atoms with Crippen molar-refractivity contribution in [2.75, 3.05) is 6.61 Å². The monoisotopic (exact) mass is 398 g/mol. The number of nitrogens with zero attached hydrogens (tertiary/aromatic N) is 2. The minimum atomic E-state index is -0.515. The van der Waals surface area contributed by atoms with Gasteiger partial charge in [-0.25, -0.2) is 4.68 Å². The fraction of sp³-hybridized carbons (Fsp3) is 0.682. The van der Waals surface area contributed by atoms with Crippen LogP contribution >= 0.6 is 0 Å². The third kappa shape index (κ3) is 3.37. The number of rotatable bonds is 4. The van der Waals surface area contributed by atoms with E-state index in [2.05, 4.69) is 46.8 Å². The predicted octanol–water partition coefficient (Wildman–Crippen LogP) is 3.97. The highest BCUT2D eigenvalue weighted by molar-refractivity contribution is 6.64. The summed E-state index contributed by atoms with van der Waals surface area (Å²) in [7, 11) is -0.515. The molecule has 156 valence electrons. The maximum Gasteiger partial charge on any atom is 0.517 e. The van der Waals surface area contributed by atoms with Crippen LogP contribution in [0.2, 0.25) is 0 Å². The van der Waals surface area contributed by atoms with Crippen LogP contribution in [-0.2, 0) is 14.0 Å². The zero-order valence-electron chi connectivity index (χ0n) is 18.2. The molecule has 2 saturated heterocycles. The highest BCUT2D eigenvalue weighted by Gasteiger charge is 2.53. The second-order valence-corrected chi connectivity index (χ2v) is 9.97. The number of aromatic nitrogens is 2. The van der Waals surface area contributed by atoms with Crippen LogP contribution in [0.4, 0.5) is 0 Å². The van der Waals surface area contributed by atoms with Crippen molar-refractivity contribution in [2.24, 2.45) is 0 Å². The molecular weight excluding hydrogens is 367 g/mol.